The van der Waals surface area contributed by atoms with Crippen LogP contribution in [0.5, 0.6) is 0 Å². The molecule has 0 radical (unpaired) electrons. The lowest BCUT2D eigenvalue weighted by Gasteiger charge is -2.76. The SMILES string of the molecule is CC1(C)CCC(C)(C)c2cc(N(c3ccc(-c4ccc5c(c4)C4(c6ccccc6-5)C5CC6CC7CC4C75C6)cc3)c3cccc4oc5ccccc5c34)ccc21. The van der Waals surface area contributed by atoms with Crippen LogP contribution >= 0.6 is 0 Å². The molecule has 0 saturated heterocycles. The number of fused-ring (bicyclic) bond motifs is 12. The van der Waals surface area contributed by atoms with E-state index in [0.717, 1.165) is 57.0 Å². The fourth-order valence-corrected chi connectivity index (χ4v) is 14.4. The van der Waals surface area contributed by atoms with E-state index in [1.165, 1.54) is 77.6 Å². The van der Waals surface area contributed by atoms with Crippen LogP contribution in [0.1, 0.15) is 88.5 Å². The topological polar surface area (TPSA) is 16.4 Å². The van der Waals surface area contributed by atoms with E-state index in [9.17, 15) is 0 Å². The quantitative estimate of drug-likeness (QED) is 0.179. The molecule has 0 aliphatic heterocycles. The van der Waals surface area contributed by atoms with Gasteiger partial charge in [-0.2, -0.15) is 0 Å². The van der Waals surface area contributed by atoms with E-state index in [1.54, 1.807) is 11.1 Å². The van der Waals surface area contributed by atoms with Crippen molar-refractivity contribution in [2.24, 2.45) is 29.1 Å². The fraction of sp³-hybridized carbons (Fsp3) is 0.333. The first-order valence-corrected chi connectivity index (χ1v) is 21.4. The highest BCUT2D eigenvalue weighted by molar-refractivity contribution is 6.13. The minimum Gasteiger partial charge on any atom is -0.456 e. The van der Waals surface area contributed by atoms with Crippen LogP contribution in [0.15, 0.2) is 132 Å². The third-order valence-corrected chi connectivity index (χ3v) is 16.8. The van der Waals surface area contributed by atoms with Gasteiger partial charge in [-0.1, -0.05) is 107 Å². The average molecular weight is 728 g/mol. The van der Waals surface area contributed by atoms with Gasteiger partial charge in [-0.3, -0.25) is 0 Å². The van der Waals surface area contributed by atoms with Crippen LogP contribution in [0, 0.1) is 29.1 Å². The molecule has 6 aliphatic rings. The zero-order valence-electron chi connectivity index (χ0n) is 33.0. The van der Waals surface area contributed by atoms with E-state index in [4.69, 9.17) is 4.42 Å². The van der Waals surface area contributed by atoms with Crippen molar-refractivity contribution in [3.8, 4) is 22.3 Å². The Morgan fingerprint density at radius 1 is 0.554 bits per heavy atom. The van der Waals surface area contributed by atoms with Crippen molar-refractivity contribution in [1.29, 1.82) is 0 Å². The van der Waals surface area contributed by atoms with Gasteiger partial charge >= 0.3 is 0 Å². The minimum atomic E-state index is 0.105. The van der Waals surface area contributed by atoms with Crippen LogP contribution in [-0.4, -0.2) is 0 Å². The van der Waals surface area contributed by atoms with Crippen LogP contribution in [-0.2, 0) is 16.2 Å². The van der Waals surface area contributed by atoms with Gasteiger partial charge in [0, 0.05) is 22.2 Å². The van der Waals surface area contributed by atoms with E-state index in [0.29, 0.717) is 5.41 Å². The lowest BCUT2D eigenvalue weighted by Crippen LogP contribution is -2.73. The van der Waals surface area contributed by atoms with Gasteiger partial charge in [-0.25, -0.2) is 0 Å². The van der Waals surface area contributed by atoms with Gasteiger partial charge in [-0.05, 0) is 171 Å². The van der Waals surface area contributed by atoms with Gasteiger partial charge < -0.3 is 9.32 Å². The van der Waals surface area contributed by atoms with Crippen LogP contribution in [0.3, 0.4) is 0 Å². The van der Waals surface area contributed by atoms with E-state index in [2.05, 4.69) is 160 Å². The molecule has 0 N–H and O–H groups in total. The highest BCUT2D eigenvalue weighted by Crippen LogP contribution is 2.89. The summed E-state index contributed by atoms with van der Waals surface area (Å²) in [7, 11) is 0. The molecule has 2 nitrogen and oxygen atoms in total. The summed E-state index contributed by atoms with van der Waals surface area (Å²) in [6.07, 6.45) is 8.28. The van der Waals surface area contributed by atoms with Crippen molar-refractivity contribution < 1.29 is 4.42 Å². The van der Waals surface area contributed by atoms with Crippen LogP contribution in [0.2, 0.25) is 0 Å². The largest absolute Gasteiger partial charge is 0.456 e. The van der Waals surface area contributed by atoms with Crippen molar-refractivity contribution in [2.45, 2.75) is 82.5 Å². The third-order valence-electron chi connectivity index (χ3n) is 16.8. The molecule has 6 aromatic carbocycles. The lowest BCUT2D eigenvalue weighted by molar-refractivity contribution is -0.231. The number of rotatable bonds is 4. The molecule has 1 aromatic heterocycles. The molecule has 2 spiro atoms. The summed E-state index contributed by atoms with van der Waals surface area (Å²) in [6.45, 7) is 9.69. The molecule has 0 amide bonds. The molecular formula is C54H49NO. The summed E-state index contributed by atoms with van der Waals surface area (Å²) < 4.78 is 6.46. The van der Waals surface area contributed by atoms with Crippen molar-refractivity contribution in [3.63, 3.8) is 0 Å². The van der Waals surface area contributed by atoms with E-state index in [1.807, 2.05) is 0 Å². The normalized spacial score (nSPS) is 29.1. The third kappa shape index (κ3) is 3.76. The van der Waals surface area contributed by atoms with E-state index >= 15 is 0 Å². The van der Waals surface area contributed by atoms with Gasteiger partial charge in [-0.15, -0.1) is 0 Å². The predicted octanol–water partition coefficient (Wildman–Crippen LogP) is 14.4. The standard InChI is InChI=1S/C54H49NO/c1-51(2)24-25-52(3,4)44-30-37(21-23-42(44)51)55(45-13-9-15-47-50(45)40-11-6-8-14-46(40)56-47)36-19-16-33(17-20-36)34-18-22-39-38-10-5-7-12-41(38)54(43(39)28-34)48-27-32-26-35-29-49(54)53(35,48)31-32/h5-23,28,30,32,35,48-49H,24-27,29,31H2,1-4H3. The van der Waals surface area contributed by atoms with Gasteiger partial charge in [0.1, 0.15) is 11.2 Å². The van der Waals surface area contributed by atoms with Gasteiger partial charge in [0.05, 0.1) is 11.1 Å². The summed E-state index contributed by atoms with van der Waals surface area (Å²) in [5, 5.41) is 2.31. The average Bonchev–Trinajstić information content (AvgIpc) is 3.95. The molecule has 56 heavy (non-hydrogen) atoms. The predicted molar refractivity (Wildman–Crippen MR) is 230 cm³/mol. The molecule has 1 heterocycles. The number of nitrogens with zero attached hydrogens (tertiary/aromatic N) is 1. The Morgan fingerprint density at radius 2 is 1.27 bits per heavy atom. The number of benzene rings is 6. The molecule has 2 bridgehead atoms. The van der Waals surface area contributed by atoms with Crippen molar-refractivity contribution in [1.82, 2.24) is 0 Å². The maximum Gasteiger partial charge on any atom is 0.137 e. The second-order valence-electron chi connectivity index (χ2n) is 20.0. The first-order chi connectivity index (χ1) is 27.2. The van der Waals surface area contributed by atoms with Gasteiger partial charge in [0.25, 0.3) is 0 Å². The number of anilines is 3. The molecule has 4 saturated carbocycles. The molecule has 276 valence electrons. The van der Waals surface area contributed by atoms with Gasteiger partial charge in [0.2, 0.25) is 0 Å². The zero-order valence-corrected chi connectivity index (χ0v) is 33.0. The highest BCUT2D eigenvalue weighted by atomic mass is 16.3. The molecule has 2 heteroatoms. The molecule has 7 aromatic rings. The van der Waals surface area contributed by atoms with Gasteiger partial charge in [0.15, 0.2) is 0 Å². The number of hydrogen-bond acceptors (Lipinski definition) is 2. The number of para-hydroxylation sites is 1. The second kappa shape index (κ2) is 10.5. The summed E-state index contributed by atoms with van der Waals surface area (Å²) in [5.74, 6) is 3.60. The first-order valence-electron chi connectivity index (χ1n) is 21.4. The maximum atomic E-state index is 6.46. The second-order valence-corrected chi connectivity index (χ2v) is 20.0. The maximum absolute atomic E-state index is 6.46. The Bertz CT molecular complexity index is 2820. The Morgan fingerprint density at radius 3 is 2.12 bits per heavy atom. The Kier molecular flexibility index (Phi) is 5.98. The van der Waals surface area contributed by atoms with E-state index in [-0.39, 0.29) is 16.2 Å². The minimum absolute atomic E-state index is 0.105. The Hall–Kier alpha value is -5.08. The molecule has 13 rings (SSSR count). The summed E-state index contributed by atoms with van der Waals surface area (Å²) in [6, 6.07) is 48.7. The zero-order chi connectivity index (χ0) is 37.3. The molecule has 4 fully saturated rings. The van der Waals surface area contributed by atoms with Crippen LogP contribution in [0.25, 0.3) is 44.2 Å². The fourth-order valence-electron chi connectivity index (χ4n) is 14.4. The first kappa shape index (κ1) is 32.1. The van der Waals surface area contributed by atoms with Crippen molar-refractivity contribution >= 4 is 39.0 Å². The van der Waals surface area contributed by atoms with E-state index < -0.39 is 0 Å². The summed E-state index contributed by atoms with van der Waals surface area (Å²) in [5.41, 5.74) is 18.3. The Labute approximate surface area is 330 Å². The molecular weight excluding hydrogens is 679 g/mol. The number of furan rings is 1. The van der Waals surface area contributed by atoms with Crippen molar-refractivity contribution in [3.05, 3.63) is 150 Å². The van der Waals surface area contributed by atoms with Crippen LogP contribution < -0.4 is 4.90 Å². The molecule has 6 unspecified atom stereocenters. The summed E-state index contributed by atoms with van der Waals surface area (Å²) in [4.78, 5) is 2.48. The van der Waals surface area contributed by atoms with Crippen LogP contribution in [0.4, 0.5) is 17.1 Å². The lowest BCUT2D eigenvalue weighted by atomic mass is 9.27. The monoisotopic (exact) mass is 727 g/mol. The smallest absolute Gasteiger partial charge is 0.137 e. The highest BCUT2D eigenvalue weighted by Gasteiger charge is 2.84. The number of hydrogen-bond donors (Lipinski definition) is 0. The summed E-state index contributed by atoms with van der Waals surface area (Å²) >= 11 is 0. The molecule has 6 aliphatic carbocycles. The van der Waals surface area contributed by atoms with Crippen molar-refractivity contribution in [2.75, 3.05) is 4.90 Å². The Balaban J connectivity index is 0.954. The molecule has 6 atom stereocenters.